The summed E-state index contributed by atoms with van der Waals surface area (Å²) in [5, 5.41) is 16.9. The van der Waals surface area contributed by atoms with Crippen molar-refractivity contribution < 1.29 is 9.90 Å². The lowest BCUT2D eigenvalue weighted by Gasteiger charge is -2.13. The molecule has 0 atom stereocenters. The van der Waals surface area contributed by atoms with E-state index in [1.807, 2.05) is 41.1 Å². The minimum atomic E-state index is -0.189. The number of carbonyl (C=O) groups is 1. The fraction of sp³-hybridized carbons (Fsp3) is 0.385. The summed E-state index contributed by atoms with van der Waals surface area (Å²) >= 11 is 0. The standard InChI is InChI=1S/C26H31N7O2/c27-25-23-24(20-10-9-17(14-21(20)31-25)18-6-5-11-28-15-18)33(22(16-34)32-23)13-4-3-12-29-26(35)30-19-7-1-2-8-19/h5-6,9-11,14-15,19,34H,1-4,7-8,12-13,16H2,(H2,27,31)(H2,29,30,35). The highest BCUT2D eigenvalue weighted by atomic mass is 16.3. The van der Waals surface area contributed by atoms with E-state index in [1.165, 1.54) is 12.8 Å². The van der Waals surface area contributed by atoms with E-state index < -0.39 is 0 Å². The zero-order valence-electron chi connectivity index (χ0n) is 19.7. The number of aliphatic hydroxyl groups excluding tert-OH is 1. The van der Waals surface area contributed by atoms with Crippen molar-refractivity contribution in [2.75, 3.05) is 12.3 Å². The van der Waals surface area contributed by atoms with Gasteiger partial charge in [-0.2, -0.15) is 0 Å². The lowest BCUT2D eigenvalue weighted by molar-refractivity contribution is 0.237. The molecule has 0 unspecified atom stereocenters. The summed E-state index contributed by atoms with van der Waals surface area (Å²) in [6, 6.07) is 10.2. The molecule has 4 aromatic rings. The lowest BCUT2D eigenvalue weighted by atomic mass is 10.0. The number of aryl methyl sites for hydroxylation is 1. The van der Waals surface area contributed by atoms with Gasteiger partial charge in [-0.25, -0.2) is 14.8 Å². The molecule has 0 saturated heterocycles. The third-order valence-corrected chi connectivity index (χ3v) is 6.70. The van der Waals surface area contributed by atoms with Gasteiger partial charge in [-0.3, -0.25) is 4.98 Å². The Morgan fingerprint density at radius 2 is 2.00 bits per heavy atom. The van der Waals surface area contributed by atoms with Gasteiger partial charge in [0.25, 0.3) is 0 Å². The van der Waals surface area contributed by atoms with Gasteiger partial charge >= 0.3 is 6.03 Å². The van der Waals surface area contributed by atoms with Gasteiger partial charge in [-0.1, -0.05) is 31.0 Å². The molecular weight excluding hydrogens is 442 g/mol. The first-order valence-corrected chi connectivity index (χ1v) is 12.3. The van der Waals surface area contributed by atoms with Crippen LogP contribution in [0.2, 0.25) is 0 Å². The zero-order valence-corrected chi connectivity index (χ0v) is 19.7. The predicted octanol–water partition coefficient (Wildman–Crippen LogP) is 3.74. The molecule has 9 nitrogen and oxygen atoms in total. The summed E-state index contributed by atoms with van der Waals surface area (Å²) in [6.45, 7) is 1.06. The molecule has 1 saturated carbocycles. The number of aromatic nitrogens is 4. The van der Waals surface area contributed by atoms with Crippen LogP contribution >= 0.6 is 0 Å². The predicted molar refractivity (Wildman–Crippen MR) is 137 cm³/mol. The number of unbranched alkanes of at least 4 members (excludes halogenated alkanes) is 1. The van der Waals surface area contributed by atoms with Crippen molar-refractivity contribution in [3.63, 3.8) is 0 Å². The third-order valence-electron chi connectivity index (χ3n) is 6.70. The van der Waals surface area contributed by atoms with Crippen molar-refractivity contribution in [1.82, 2.24) is 30.2 Å². The van der Waals surface area contributed by atoms with Crippen LogP contribution in [0.5, 0.6) is 0 Å². The Labute approximate surface area is 203 Å². The number of fused-ring (bicyclic) bond motifs is 3. The lowest BCUT2D eigenvalue weighted by Crippen LogP contribution is -2.41. The van der Waals surface area contributed by atoms with Crippen molar-refractivity contribution in [1.29, 1.82) is 0 Å². The van der Waals surface area contributed by atoms with Gasteiger partial charge in [0.05, 0.1) is 11.0 Å². The molecule has 1 fully saturated rings. The summed E-state index contributed by atoms with van der Waals surface area (Å²) in [5.74, 6) is 0.902. The average Bonchev–Trinajstić information content (AvgIpc) is 3.52. The van der Waals surface area contributed by atoms with E-state index in [-0.39, 0.29) is 12.6 Å². The van der Waals surface area contributed by atoms with Crippen LogP contribution in [0.1, 0.15) is 44.3 Å². The Bertz CT molecular complexity index is 1330. The SMILES string of the molecule is Nc1nc2cc(-c3cccnc3)ccc2c2c1nc(CO)n2CCCCNC(=O)NC1CCCC1. The van der Waals surface area contributed by atoms with Gasteiger partial charge in [-0.15, -0.1) is 0 Å². The van der Waals surface area contributed by atoms with E-state index in [4.69, 9.17) is 5.73 Å². The number of pyridine rings is 2. The van der Waals surface area contributed by atoms with Crippen molar-refractivity contribution in [2.24, 2.45) is 0 Å². The first-order valence-electron chi connectivity index (χ1n) is 12.3. The molecule has 3 aromatic heterocycles. The highest BCUT2D eigenvalue weighted by molar-refractivity contribution is 6.07. The minimum Gasteiger partial charge on any atom is -0.388 e. The number of imidazole rings is 1. The maximum absolute atomic E-state index is 12.1. The number of nitrogens with zero attached hydrogens (tertiary/aromatic N) is 4. The van der Waals surface area contributed by atoms with Crippen molar-refractivity contribution in [3.05, 3.63) is 48.5 Å². The Balaban J connectivity index is 1.33. The van der Waals surface area contributed by atoms with Gasteiger partial charge < -0.3 is 26.0 Å². The smallest absolute Gasteiger partial charge is 0.315 e. The minimum absolute atomic E-state index is 0.0877. The van der Waals surface area contributed by atoms with Crippen LogP contribution in [0.3, 0.4) is 0 Å². The van der Waals surface area contributed by atoms with Gasteiger partial charge in [0, 0.05) is 42.5 Å². The molecule has 0 radical (unpaired) electrons. The zero-order chi connectivity index (χ0) is 24.2. The van der Waals surface area contributed by atoms with Crippen LogP contribution in [-0.4, -0.2) is 43.2 Å². The number of carbonyl (C=O) groups excluding carboxylic acids is 1. The van der Waals surface area contributed by atoms with Crippen LogP contribution in [0, 0.1) is 0 Å². The second-order valence-corrected chi connectivity index (χ2v) is 9.09. The molecule has 182 valence electrons. The highest BCUT2D eigenvalue weighted by Crippen LogP contribution is 2.32. The van der Waals surface area contributed by atoms with E-state index in [2.05, 4.69) is 25.6 Å². The van der Waals surface area contributed by atoms with Crippen LogP contribution in [0.25, 0.3) is 33.1 Å². The molecule has 0 aliphatic heterocycles. The number of urea groups is 1. The fourth-order valence-corrected chi connectivity index (χ4v) is 4.94. The third kappa shape index (κ3) is 4.90. The fourth-order valence-electron chi connectivity index (χ4n) is 4.94. The van der Waals surface area contributed by atoms with Crippen molar-refractivity contribution >= 4 is 33.8 Å². The highest BCUT2D eigenvalue weighted by Gasteiger charge is 2.18. The molecule has 1 aliphatic carbocycles. The number of aliphatic hydroxyl groups is 1. The largest absolute Gasteiger partial charge is 0.388 e. The summed E-state index contributed by atoms with van der Waals surface area (Å²) in [6.07, 6.45) is 9.72. The van der Waals surface area contributed by atoms with Crippen LogP contribution < -0.4 is 16.4 Å². The number of hydrogen-bond acceptors (Lipinski definition) is 6. The number of nitrogens with two attached hydrogens (primary N) is 1. The Hall–Kier alpha value is -3.72. The first-order chi connectivity index (χ1) is 17.1. The van der Waals surface area contributed by atoms with Crippen molar-refractivity contribution in [2.45, 2.75) is 57.7 Å². The molecule has 0 spiro atoms. The van der Waals surface area contributed by atoms with Crippen LogP contribution in [-0.2, 0) is 13.2 Å². The number of nitrogen functional groups attached to an aromatic ring is 1. The second kappa shape index (κ2) is 10.3. The van der Waals surface area contributed by atoms with E-state index in [9.17, 15) is 9.90 Å². The van der Waals surface area contributed by atoms with Gasteiger partial charge in [0.1, 0.15) is 17.9 Å². The van der Waals surface area contributed by atoms with E-state index in [1.54, 1.807) is 6.20 Å². The van der Waals surface area contributed by atoms with Gasteiger partial charge in [-0.05, 0) is 43.4 Å². The molecule has 1 aromatic carbocycles. The van der Waals surface area contributed by atoms with E-state index in [0.29, 0.717) is 36.3 Å². The molecule has 2 amide bonds. The monoisotopic (exact) mass is 473 g/mol. The molecular formula is C26H31N7O2. The molecule has 0 bridgehead atoms. The average molecular weight is 474 g/mol. The maximum atomic E-state index is 12.1. The summed E-state index contributed by atoms with van der Waals surface area (Å²) in [5.41, 5.74) is 10.5. The van der Waals surface area contributed by atoms with E-state index >= 15 is 0 Å². The molecule has 5 rings (SSSR count). The van der Waals surface area contributed by atoms with Gasteiger partial charge in [0.2, 0.25) is 0 Å². The quantitative estimate of drug-likeness (QED) is 0.288. The molecule has 9 heteroatoms. The summed E-state index contributed by atoms with van der Waals surface area (Å²) < 4.78 is 2.03. The first kappa shape index (κ1) is 23.0. The summed E-state index contributed by atoms with van der Waals surface area (Å²) in [7, 11) is 0. The molecule has 3 heterocycles. The van der Waals surface area contributed by atoms with Crippen LogP contribution in [0.4, 0.5) is 10.6 Å². The maximum Gasteiger partial charge on any atom is 0.315 e. The molecule has 5 N–H and O–H groups in total. The Morgan fingerprint density at radius 1 is 1.14 bits per heavy atom. The number of anilines is 1. The Morgan fingerprint density at radius 3 is 2.77 bits per heavy atom. The second-order valence-electron chi connectivity index (χ2n) is 9.09. The number of amides is 2. The molecule has 35 heavy (non-hydrogen) atoms. The topological polar surface area (TPSA) is 131 Å². The van der Waals surface area contributed by atoms with Crippen molar-refractivity contribution in [3.8, 4) is 11.1 Å². The van der Waals surface area contributed by atoms with E-state index in [0.717, 1.165) is 53.2 Å². The number of benzene rings is 1. The molecule has 1 aliphatic rings. The summed E-state index contributed by atoms with van der Waals surface area (Å²) in [4.78, 5) is 25.5. The normalized spacial score (nSPS) is 14.1. The number of nitrogens with one attached hydrogen (secondary N) is 2. The number of rotatable bonds is 8. The Kier molecular flexibility index (Phi) is 6.76. The number of hydrogen-bond donors (Lipinski definition) is 4. The van der Waals surface area contributed by atoms with Gasteiger partial charge in [0.15, 0.2) is 5.82 Å². The van der Waals surface area contributed by atoms with Crippen LogP contribution in [0.15, 0.2) is 42.7 Å².